The van der Waals surface area contributed by atoms with Gasteiger partial charge in [-0.15, -0.1) is 0 Å². The minimum Gasteiger partial charge on any atom is -0.398 e. The molecule has 0 fully saturated rings. The second kappa shape index (κ2) is 8.41. The Hall–Kier alpha value is -2.90. The third-order valence-corrected chi connectivity index (χ3v) is 4.53. The first-order valence-electron chi connectivity index (χ1n) is 8.97. The van der Waals surface area contributed by atoms with Crippen LogP contribution in [-0.4, -0.2) is 23.1 Å². The number of hydrogen-bond acceptors (Lipinski definition) is 5. The van der Waals surface area contributed by atoms with Crippen LogP contribution in [0.1, 0.15) is 49.9 Å². The maximum atomic E-state index is 13.1. The van der Waals surface area contributed by atoms with E-state index in [9.17, 15) is 13.2 Å². The van der Waals surface area contributed by atoms with Gasteiger partial charge in [-0.25, -0.2) is 4.98 Å². The number of nitrogen functional groups attached to an aromatic ring is 1. The molecule has 0 aliphatic heterocycles. The average molecular weight is 391 g/mol. The summed E-state index contributed by atoms with van der Waals surface area (Å²) in [5.74, 6) is 0. The number of fused-ring (bicyclic) bond motifs is 1. The van der Waals surface area contributed by atoms with E-state index in [1.165, 1.54) is 6.07 Å². The minimum atomic E-state index is -4.76. The van der Waals surface area contributed by atoms with Crippen LogP contribution in [-0.2, 0) is 6.42 Å². The number of hydrogen-bond donors (Lipinski definition) is 4. The fourth-order valence-corrected chi connectivity index (χ4v) is 3.17. The van der Waals surface area contributed by atoms with Crippen LogP contribution in [0.3, 0.4) is 0 Å². The maximum absolute atomic E-state index is 13.1. The van der Waals surface area contributed by atoms with Crippen molar-refractivity contribution in [3.8, 4) is 0 Å². The molecule has 0 radical (unpaired) electrons. The molecule has 1 heterocycles. The van der Waals surface area contributed by atoms with Crippen LogP contribution >= 0.6 is 0 Å². The van der Waals surface area contributed by atoms with Crippen LogP contribution in [0.4, 0.5) is 18.9 Å². The van der Waals surface area contributed by atoms with Crippen LogP contribution < -0.4 is 11.5 Å². The smallest absolute Gasteiger partial charge is 0.398 e. The predicted octanol–water partition coefficient (Wildman–Crippen LogP) is 4.82. The zero-order valence-corrected chi connectivity index (χ0v) is 15.9. The van der Waals surface area contributed by atoms with E-state index in [1.807, 2.05) is 0 Å². The van der Waals surface area contributed by atoms with Gasteiger partial charge in [0.15, 0.2) is 0 Å². The molecule has 0 bridgehead atoms. The van der Waals surface area contributed by atoms with Gasteiger partial charge in [0.25, 0.3) is 0 Å². The van der Waals surface area contributed by atoms with Crippen LogP contribution in [0.2, 0.25) is 0 Å². The fraction of sp³-hybridized carbons (Fsp3) is 0.350. The highest BCUT2D eigenvalue weighted by molar-refractivity contribution is 6.14. The molecule has 0 spiro atoms. The summed E-state index contributed by atoms with van der Waals surface area (Å²) in [5.41, 5.74) is 11.9. The Balaban J connectivity index is 2.83. The Morgan fingerprint density at radius 3 is 2.46 bits per heavy atom. The van der Waals surface area contributed by atoms with Crippen LogP contribution in [0.5, 0.6) is 0 Å². The number of aromatic nitrogens is 1. The Morgan fingerprint density at radius 1 is 1.25 bits per heavy atom. The van der Waals surface area contributed by atoms with Crippen molar-refractivity contribution < 1.29 is 13.2 Å². The molecular formula is C20H24F3N5. The highest BCUT2D eigenvalue weighted by atomic mass is 19.4. The Morgan fingerprint density at radius 2 is 1.93 bits per heavy atom. The monoisotopic (exact) mass is 391 g/mol. The largest absolute Gasteiger partial charge is 0.431 e. The van der Waals surface area contributed by atoms with Gasteiger partial charge in [-0.05, 0) is 43.5 Å². The number of aryl methyl sites for hydroxylation is 1. The van der Waals surface area contributed by atoms with Gasteiger partial charge in [0.05, 0.1) is 11.2 Å². The normalized spacial score (nSPS) is 12.8. The fourth-order valence-electron chi connectivity index (χ4n) is 3.17. The van der Waals surface area contributed by atoms with E-state index in [0.717, 1.165) is 24.8 Å². The number of nitrogens with zero attached hydrogens (tertiary/aromatic N) is 1. The third-order valence-electron chi connectivity index (χ3n) is 4.53. The second-order valence-corrected chi connectivity index (χ2v) is 6.64. The number of alkyl halides is 3. The van der Waals surface area contributed by atoms with Crippen molar-refractivity contribution in [2.45, 2.75) is 45.7 Å². The highest BCUT2D eigenvalue weighted by Crippen LogP contribution is 2.32. The molecule has 6 N–H and O–H groups in total. The number of nitrogens with one attached hydrogen (secondary N) is 2. The molecule has 0 saturated carbocycles. The van der Waals surface area contributed by atoms with Gasteiger partial charge in [0, 0.05) is 34.1 Å². The van der Waals surface area contributed by atoms with Gasteiger partial charge in [-0.2, -0.15) is 13.2 Å². The van der Waals surface area contributed by atoms with Gasteiger partial charge >= 0.3 is 6.18 Å². The number of anilines is 1. The van der Waals surface area contributed by atoms with E-state index in [4.69, 9.17) is 22.3 Å². The molecule has 0 saturated heterocycles. The van der Waals surface area contributed by atoms with Crippen molar-refractivity contribution in [1.82, 2.24) is 4.98 Å². The van der Waals surface area contributed by atoms with Crippen molar-refractivity contribution >= 4 is 34.1 Å². The minimum absolute atomic E-state index is 0.0119. The summed E-state index contributed by atoms with van der Waals surface area (Å²) in [6.07, 6.45) is -0.810. The van der Waals surface area contributed by atoms with E-state index >= 15 is 0 Å². The predicted molar refractivity (Wildman–Crippen MR) is 108 cm³/mol. The SMILES string of the molecule is CCCCCc1cc(C(C=N)=C(N)C(F)(F)F)nc2ccc(N)c(C(C)=N)c12. The van der Waals surface area contributed by atoms with Gasteiger partial charge in [0.2, 0.25) is 0 Å². The number of halogens is 3. The number of rotatable bonds is 7. The Labute approximate surface area is 161 Å². The van der Waals surface area contributed by atoms with Crippen molar-refractivity contribution in [3.63, 3.8) is 0 Å². The van der Waals surface area contributed by atoms with E-state index in [0.29, 0.717) is 34.8 Å². The van der Waals surface area contributed by atoms with Gasteiger partial charge in [-0.3, -0.25) is 0 Å². The summed E-state index contributed by atoms with van der Waals surface area (Å²) in [5, 5.41) is 16.2. The van der Waals surface area contributed by atoms with E-state index in [-0.39, 0.29) is 11.4 Å². The summed E-state index contributed by atoms with van der Waals surface area (Å²) >= 11 is 0. The quantitative estimate of drug-likeness (QED) is 0.308. The lowest BCUT2D eigenvalue weighted by molar-refractivity contribution is -0.0919. The summed E-state index contributed by atoms with van der Waals surface area (Å²) < 4.78 is 39.3. The molecule has 2 rings (SSSR count). The van der Waals surface area contributed by atoms with Gasteiger partial charge < -0.3 is 22.3 Å². The molecule has 2 aromatic rings. The number of nitrogens with two attached hydrogens (primary N) is 2. The van der Waals surface area contributed by atoms with Crippen molar-refractivity contribution in [3.05, 3.63) is 40.7 Å². The first-order chi connectivity index (χ1) is 13.1. The molecule has 0 amide bonds. The molecular weight excluding hydrogens is 367 g/mol. The highest BCUT2D eigenvalue weighted by Gasteiger charge is 2.34. The van der Waals surface area contributed by atoms with Crippen LogP contribution in [0.15, 0.2) is 23.9 Å². The zero-order chi connectivity index (χ0) is 21.1. The number of benzene rings is 1. The van der Waals surface area contributed by atoms with E-state index in [2.05, 4.69) is 11.9 Å². The Kier molecular flexibility index (Phi) is 6.43. The summed E-state index contributed by atoms with van der Waals surface area (Å²) in [4.78, 5) is 4.31. The van der Waals surface area contributed by atoms with Crippen molar-refractivity contribution in [1.29, 1.82) is 10.8 Å². The molecule has 0 unspecified atom stereocenters. The van der Waals surface area contributed by atoms with Crippen molar-refractivity contribution in [2.24, 2.45) is 5.73 Å². The van der Waals surface area contributed by atoms with Gasteiger partial charge in [0.1, 0.15) is 5.70 Å². The number of pyridine rings is 1. The molecule has 150 valence electrons. The molecule has 8 heteroatoms. The van der Waals surface area contributed by atoms with Crippen LogP contribution in [0, 0.1) is 10.8 Å². The second-order valence-electron chi connectivity index (χ2n) is 6.64. The zero-order valence-electron chi connectivity index (χ0n) is 15.9. The van der Waals surface area contributed by atoms with Crippen LogP contribution in [0.25, 0.3) is 16.5 Å². The third kappa shape index (κ3) is 4.32. The standard InChI is InChI=1S/C20H24F3N5/c1-3-4-5-6-12-9-16(13(10-24)19(27)20(21,22)23)28-15-8-7-14(26)17(11(2)25)18(12)15/h7-10,24-25H,3-6,26-27H2,1-2H3. The Bertz CT molecular complexity index is 945. The average Bonchev–Trinajstić information content (AvgIpc) is 2.61. The van der Waals surface area contributed by atoms with E-state index < -0.39 is 17.4 Å². The summed E-state index contributed by atoms with van der Waals surface area (Å²) in [6, 6.07) is 4.74. The summed E-state index contributed by atoms with van der Waals surface area (Å²) in [7, 11) is 0. The molecule has 5 nitrogen and oxygen atoms in total. The molecule has 1 aromatic heterocycles. The lowest BCUT2D eigenvalue weighted by Gasteiger charge is -2.16. The lowest BCUT2D eigenvalue weighted by Crippen LogP contribution is -2.22. The topological polar surface area (TPSA) is 113 Å². The molecule has 0 atom stereocenters. The molecule has 1 aromatic carbocycles. The van der Waals surface area contributed by atoms with Gasteiger partial charge in [-0.1, -0.05) is 19.8 Å². The first kappa shape index (κ1) is 21.4. The van der Waals surface area contributed by atoms with Crippen molar-refractivity contribution in [2.75, 3.05) is 5.73 Å². The molecule has 28 heavy (non-hydrogen) atoms. The first-order valence-corrected chi connectivity index (χ1v) is 8.97. The molecule has 0 aliphatic carbocycles. The summed E-state index contributed by atoms with van der Waals surface area (Å²) in [6.45, 7) is 3.67. The maximum Gasteiger partial charge on any atom is 0.431 e. The lowest BCUT2D eigenvalue weighted by atomic mass is 9.93. The molecule has 0 aliphatic rings. The van der Waals surface area contributed by atoms with E-state index in [1.54, 1.807) is 19.1 Å². The number of allylic oxidation sites excluding steroid dienone is 2. The number of unbranched alkanes of at least 4 members (excludes halogenated alkanes) is 2.